The first-order valence-electron chi connectivity index (χ1n) is 9.18. The lowest BCUT2D eigenvalue weighted by atomic mass is 10.0. The number of benzene rings is 1. The molecule has 0 aliphatic carbocycles. The summed E-state index contributed by atoms with van der Waals surface area (Å²) in [7, 11) is 0. The van der Waals surface area contributed by atoms with Crippen molar-refractivity contribution < 1.29 is 14.4 Å². The number of aromatic nitrogens is 4. The fourth-order valence-corrected chi connectivity index (χ4v) is 3.29. The zero-order chi connectivity index (χ0) is 21.1. The van der Waals surface area contributed by atoms with Crippen molar-refractivity contribution in [2.45, 2.75) is 12.5 Å². The molecule has 9 heteroatoms. The fourth-order valence-electron chi connectivity index (χ4n) is 3.29. The molecule has 0 fully saturated rings. The van der Waals surface area contributed by atoms with Crippen molar-refractivity contribution >= 4 is 28.5 Å². The number of aromatic amines is 1. The molecule has 1 atom stereocenters. The lowest BCUT2D eigenvalue weighted by Gasteiger charge is -2.16. The van der Waals surface area contributed by atoms with Crippen molar-refractivity contribution in [1.29, 1.82) is 0 Å². The maximum Gasteiger partial charge on any atom is 0.287 e. The predicted molar refractivity (Wildman–Crippen MR) is 109 cm³/mol. The van der Waals surface area contributed by atoms with E-state index in [-0.39, 0.29) is 12.1 Å². The van der Waals surface area contributed by atoms with E-state index in [9.17, 15) is 14.4 Å². The van der Waals surface area contributed by atoms with Gasteiger partial charge in [-0.05, 0) is 29.8 Å². The number of hydrogen-bond acceptors (Lipinski definition) is 5. The topological polar surface area (TPSA) is 136 Å². The van der Waals surface area contributed by atoms with E-state index in [1.807, 2.05) is 24.3 Å². The third-order valence-electron chi connectivity index (χ3n) is 4.73. The van der Waals surface area contributed by atoms with Gasteiger partial charge in [0.25, 0.3) is 11.8 Å². The molecular formula is C21H18N6O3. The van der Waals surface area contributed by atoms with Gasteiger partial charge in [0.2, 0.25) is 5.78 Å². The molecule has 1 unspecified atom stereocenters. The number of carbonyl (C=O) groups excluding carboxylic acids is 3. The molecule has 0 saturated carbocycles. The minimum atomic E-state index is -1.12. The van der Waals surface area contributed by atoms with Gasteiger partial charge in [0, 0.05) is 29.7 Å². The smallest absolute Gasteiger partial charge is 0.287 e. The molecule has 4 N–H and O–H groups in total. The second-order valence-corrected chi connectivity index (χ2v) is 6.66. The minimum absolute atomic E-state index is 0.110. The van der Waals surface area contributed by atoms with Crippen LogP contribution in [0.4, 0.5) is 0 Å². The number of para-hydroxylation sites is 1. The number of rotatable bonds is 7. The maximum absolute atomic E-state index is 12.9. The maximum atomic E-state index is 12.9. The summed E-state index contributed by atoms with van der Waals surface area (Å²) in [6.07, 6.45) is 6.49. The lowest BCUT2D eigenvalue weighted by Crippen LogP contribution is -2.47. The van der Waals surface area contributed by atoms with Gasteiger partial charge in [0.15, 0.2) is 0 Å². The van der Waals surface area contributed by atoms with Gasteiger partial charge < -0.3 is 16.0 Å². The fraction of sp³-hybridized carbons (Fsp3) is 0.0952. The number of nitrogens with one attached hydrogen (secondary N) is 2. The number of primary amides is 1. The first kappa shape index (κ1) is 19.1. The zero-order valence-electron chi connectivity index (χ0n) is 15.8. The molecule has 0 saturated heterocycles. The molecule has 0 spiro atoms. The number of pyridine rings is 1. The predicted octanol–water partition coefficient (Wildman–Crippen LogP) is 1.14. The van der Waals surface area contributed by atoms with Gasteiger partial charge in [-0.25, -0.2) is 4.68 Å². The molecule has 30 heavy (non-hydrogen) atoms. The standard InChI is InChI=1S/C21H18N6O3/c22-20(29)19(28)17(10-13-11-24-16-6-2-1-5-15(13)16)26-21(30)18-7-9-25-27(18)14-4-3-8-23-12-14/h1-9,11-12,17,24H,10H2,(H2,22,29)(H,26,30). The second-order valence-electron chi connectivity index (χ2n) is 6.66. The number of amides is 2. The summed E-state index contributed by atoms with van der Waals surface area (Å²) in [5, 5.41) is 7.67. The average molecular weight is 402 g/mol. The van der Waals surface area contributed by atoms with Crippen LogP contribution in [0.2, 0.25) is 0 Å². The molecule has 0 aliphatic heterocycles. The van der Waals surface area contributed by atoms with E-state index < -0.39 is 23.6 Å². The molecule has 150 valence electrons. The van der Waals surface area contributed by atoms with Crippen LogP contribution in [0.3, 0.4) is 0 Å². The van der Waals surface area contributed by atoms with E-state index >= 15 is 0 Å². The van der Waals surface area contributed by atoms with Crippen LogP contribution in [0.1, 0.15) is 16.1 Å². The van der Waals surface area contributed by atoms with E-state index in [0.29, 0.717) is 5.69 Å². The van der Waals surface area contributed by atoms with Gasteiger partial charge in [-0.1, -0.05) is 18.2 Å². The zero-order valence-corrected chi connectivity index (χ0v) is 15.8. The van der Waals surface area contributed by atoms with Crippen LogP contribution in [-0.2, 0) is 16.0 Å². The Labute approximate surface area is 170 Å². The molecule has 0 radical (unpaired) electrons. The summed E-state index contributed by atoms with van der Waals surface area (Å²) in [6.45, 7) is 0. The largest absolute Gasteiger partial charge is 0.363 e. The third-order valence-corrected chi connectivity index (χ3v) is 4.73. The summed E-state index contributed by atoms with van der Waals surface area (Å²) in [4.78, 5) is 44.1. The number of Topliss-reactive ketones (excluding diaryl/α,β-unsaturated/α-hetero) is 1. The van der Waals surface area contributed by atoms with Crippen LogP contribution < -0.4 is 11.1 Å². The highest BCUT2D eigenvalue weighted by Crippen LogP contribution is 2.19. The van der Waals surface area contributed by atoms with Gasteiger partial charge in [0.1, 0.15) is 11.7 Å². The summed E-state index contributed by atoms with van der Waals surface area (Å²) < 4.78 is 1.40. The highest BCUT2D eigenvalue weighted by Gasteiger charge is 2.28. The van der Waals surface area contributed by atoms with Crippen molar-refractivity contribution in [3.05, 3.63) is 78.5 Å². The third kappa shape index (κ3) is 3.68. The molecule has 4 aromatic rings. The summed E-state index contributed by atoms with van der Waals surface area (Å²) in [6, 6.07) is 11.4. The van der Waals surface area contributed by atoms with E-state index in [0.717, 1.165) is 16.5 Å². The monoisotopic (exact) mass is 402 g/mol. The Morgan fingerprint density at radius 2 is 1.93 bits per heavy atom. The van der Waals surface area contributed by atoms with Gasteiger partial charge in [0.05, 0.1) is 18.1 Å². The van der Waals surface area contributed by atoms with Crippen molar-refractivity contribution in [3.8, 4) is 5.69 Å². The van der Waals surface area contributed by atoms with E-state index in [4.69, 9.17) is 5.73 Å². The molecule has 2 amide bonds. The quantitative estimate of drug-likeness (QED) is 0.398. The Kier molecular flexibility index (Phi) is 5.08. The van der Waals surface area contributed by atoms with Crippen LogP contribution in [0.15, 0.2) is 67.3 Å². The van der Waals surface area contributed by atoms with E-state index in [1.54, 1.807) is 30.7 Å². The molecule has 4 rings (SSSR count). The Morgan fingerprint density at radius 1 is 1.10 bits per heavy atom. The molecule has 9 nitrogen and oxygen atoms in total. The van der Waals surface area contributed by atoms with Crippen LogP contribution in [-0.4, -0.2) is 43.4 Å². The van der Waals surface area contributed by atoms with E-state index in [2.05, 4.69) is 20.4 Å². The lowest BCUT2D eigenvalue weighted by molar-refractivity contribution is -0.137. The Hall–Kier alpha value is -4.27. The number of carbonyl (C=O) groups is 3. The van der Waals surface area contributed by atoms with E-state index in [1.165, 1.54) is 16.9 Å². The van der Waals surface area contributed by atoms with Gasteiger partial charge in [-0.2, -0.15) is 5.10 Å². The Balaban J connectivity index is 1.62. The summed E-state index contributed by atoms with van der Waals surface area (Å²) >= 11 is 0. The highest BCUT2D eigenvalue weighted by atomic mass is 16.2. The molecule has 3 aromatic heterocycles. The number of nitrogens with zero attached hydrogens (tertiary/aromatic N) is 3. The minimum Gasteiger partial charge on any atom is -0.363 e. The first-order chi connectivity index (χ1) is 14.5. The molecule has 3 heterocycles. The number of H-pyrrole nitrogens is 1. The van der Waals surface area contributed by atoms with Gasteiger partial charge >= 0.3 is 0 Å². The number of hydrogen-bond donors (Lipinski definition) is 3. The van der Waals surface area contributed by atoms with Crippen molar-refractivity contribution in [1.82, 2.24) is 25.1 Å². The molecule has 0 aliphatic rings. The normalized spacial score (nSPS) is 11.9. The van der Waals surface area contributed by atoms with Crippen molar-refractivity contribution in [2.24, 2.45) is 5.73 Å². The number of ketones is 1. The summed E-state index contributed by atoms with van der Waals surface area (Å²) in [5.41, 5.74) is 7.68. The van der Waals surface area contributed by atoms with Crippen LogP contribution in [0.5, 0.6) is 0 Å². The van der Waals surface area contributed by atoms with Crippen molar-refractivity contribution in [3.63, 3.8) is 0 Å². The van der Waals surface area contributed by atoms with Gasteiger partial charge in [-0.3, -0.25) is 19.4 Å². The molecule has 0 bridgehead atoms. The van der Waals surface area contributed by atoms with Crippen LogP contribution in [0, 0.1) is 0 Å². The van der Waals surface area contributed by atoms with Gasteiger partial charge in [-0.15, -0.1) is 0 Å². The number of nitrogens with two attached hydrogens (primary N) is 1. The second kappa shape index (κ2) is 8.00. The summed E-state index contributed by atoms with van der Waals surface area (Å²) in [5.74, 6) is -2.54. The SMILES string of the molecule is NC(=O)C(=O)C(Cc1c[nH]c2ccccc12)NC(=O)c1ccnn1-c1cccnc1. The molecular weight excluding hydrogens is 384 g/mol. The molecule has 1 aromatic carbocycles. The number of fused-ring (bicyclic) bond motifs is 1. The average Bonchev–Trinajstić information content (AvgIpc) is 3.41. The highest BCUT2D eigenvalue weighted by molar-refractivity contribution is 6.38. The van der Waals surface area contributed by atoms with Crippen molar-refractivity contribution in [2.75, 3.05) is 0 Å². The Bertz CT molecular complexity index is 1230. The Morgan fingerprint density at radius 3 is 2.70 bits per heavy atom. The van der Waals surface area contributed by atoms with Crippen LogP contribution in [0.25, 0.3) is 16.6 Å². The first-order valence-corrected chi connectivity index (χ1v) is 9.18. The van der Waals surface area contributed by atoms with Crippen LogP contribution >= 0.6 is 0 Å².